The number of hydrogen-bond acceptors (Lipinski definition) is 3. The average molecular weight is 178 g/mol. The molecule has 0 amide bonds. The topological polar surface area (TPSA) is 64.2 Å². The van der Waals surface area contributed by atoms with Gasteiger partial charge in [-0.1, -0.05) is 0 Å². The summed E-state index contributed by atoms with van der Waals surface area (Å²) in [5, 5.41) is 0. The van der Waals surface area contributed by atoms with E-state index in [2.05, 4.69) is 15.0 Å². The molecule has 0 spiro atoms. The first-order valence-electron chi connectivity index (χ1n) is 4.23. The van der Waals surface area contributed by atoms with Gasteiger partial charge in [0.2, 0.25) is 0 Å². The number of aryl methyl sites for hydroxylation is 1. The van der Waals surface area contributed by atoms with E-state index in [9.17, 15) is 0 Å². The largest absolute Gasteiger partial charge is 0.382 e. The number of amidine groups is 1. The summed E-state index contributed by atoms with van der Waals surface area (Å²) in [4.78, 5) is 12.3. The monoisotopic (exact) mass is 178 g/mol. The summed E-state index contributed by atoms with van der Waals surface area (Å²) in [6.07, 6.45) is 1.68. The second-order valence-electron chi connectivity index (χ2n) is 3.10. The highest BCUT2D eigenvalue weighted by molar-refractivity contribution is 5.95. The van der Waals surface area contributed by atoms with E-state index in [1.54, 1.807) is 12.3 Å². The van der Waals surface area contributed by atoms with Gasteiger partial charge in [-0.2, -0.15) is 0 Å². The number of aromatic nitrogens is 2. The Balaban J connectivity index is 2.95. The summed E-state index contributed by atoms with van der Waals surface area (Å²) < 4.78 is 0. The van der Waals surface area contributed by atoms with Crippen LogP contribution in [0.3, 0.4) is 0 Å². The molecule has 0 bridgehead atoms. The molecule has 0 aliphatic carbocycles. The lowest BCUT2D eigenvalue weighted by molar-refractivity contribution is 0.832. The highest BCUT2D eigenvalue weighted by Crippen LogP contribution is 1.96. The molecule has 70 valence electrons. The fraction of sp³-hybridized carbons (Fsp3) is 0.444. The maximum absolute atomic E-state index is 5.72. The molecule has 0 saturated heterocycles. The van der Waals surface area contributed by atoms with Gasteiger partial charge in [-0.15, -0.1) is 0 Å². The molecular formula is C9H14N4. The molecule has 0 aliphatic heterocycles. The molecule has 0 radical (unpaired) electrons. The normalized spacial score (nSPS) is 12.2. The molecule has 1 heterocycles. The number of rotatable bonds is 2. The Hall–Kier alpha value is -1.45. The van der Waals surface area contributed by atoms with Crippen molar-refractivity contribution in [2.45, 2.75) is 26.8 Å². The van der Waals surface area contributed by atoms with Crippen LogP contribution in [0.25, 0.3) is 0 Å². The van der Waals surface area contributed by atoms with Crippen molar-refractivity contribution >= 4 is 5.84 Å². The van der Waals surface area contributed by atoms with Crippen LogP contribution < -0.4 is 5.73 Å². The van der Waals surface area contributed by atoms with Gasteiger partial charge in [-0.3, -0.25) is 4.99 Å². The highest BCUT2D eigenvalue weighted by atomic mass is 14.9. The fourth-order valence-electron chi connectivity index (χ4n) is 0.943. The van der Waals surface area contributed by atoms with Crippen LogP contribution in [0.2, 0.25) is 0 Å². The summed E-state index contributed by atoms with van der Waals surface area (Å²) in [7, 11) is 0. The molecule has 1 aromatic heterocycles. The quantitative estimate of drug-likeness (QED) is 0.540. The molecule has 0 saturated carbocycles. The summed E-state index contributed by atoms with van der Waals surface area (Å²) in [5.41, 5.74) is 6.42. The molecule has 0 aromatic carbocycles. The molecule has 4 nitrogen and oxygen atoms in total. The number of aliphatic imine (C=N–C) groups is 1. The van der Waals surface area contributed by atoms with Crippen molar-refractivity contribution in [3.8, 4) is 0 Å². The van der Waals surface area contributed by atoms with Crippen molar-refractivity contribution < 1.29 is 0 Å². The van der Waals surface area contributed by atoms with Gasteiger partial charge in [0, 0.05) is 12.2 Å². The summed E-state index contributed by atoms with van der Waals surface area (Å²) >= 11 is 0. The summed E-state index contributed by atoms with van der Waals surface area (Å²) in [6, 6.07) is 1.95. The zero-order chi connectivity index (χ0) is 9.84. The van der Waals surface area contributed by atoms with E-state index in [0.29, 0.717) is 17.4 Å². The first-order valence-corrected chi connectivity index (χ1v) is 4.23. The number of hydrogen-bond donors (Lipinski definition) is 1. The fourth-order valence-corrected chi connectivity index (χ4v) is 0.943. The minimum atomic E-state index is 0.190. The third kappa shape index (κ3) is 2.82. The lowest BCUT2D eigenvalue weighted by Crippen LogP contribution is -2.17. The third-order valence-corrected chi connectivity index (χ3v) is 1.44. The Kier molecular flexibility index (Phi) is 2.95. The highest BCUT2D eigenvalue weighted by Gasteiger charge is 2.00. The maximum Gasteiger partial charge on any atom is 0.145 e. The number of nitrogens with two attached hydrogens (primary N) is 1. The van der Waals surface area contributed by atoms with Crippen LogP contribution >= 0.6 is 0 Å². The second kappa shape index (κ2) is 3.98. The molecule has 1 aromatic rings. The van der Waals surface area contributed by atoms with Gasteiger partial charge in [0.05, 0.1) is 0 Å². The zero-order valence-electron chi connectivity index (χ0n) is 8.15. The van der Waals surface area contributed by atoms with E-state index in [1.165, 1.54) is 0 Å². The van der Waals surface area contributed by atoms with Crippen molar-refractivity contribution in [3.63, 3.8) is 0 Å². The molecule has 0 aliphatic rings. The minimum absolute atomic E-state index is 0.190. The zero-order valence-corrected chi connectivity index (χ0v) is 8.15. The van der Waals surface area contributed by atoms with Gasteiger partial charge in [-0.25, -0.2) is 9.97 Å². The van der Waals surface area contributed by atoms with E-state index in [0.717, 1.165) is 0 Å². The lowest BCUT2D eigenvalue weighted by Gasteiger charge is -2.02. The third-order valence-electron chi connectivity index (χ3n) is 1.44. The first-order chi connectivity index (χ1) is 6.09. The standard InChI is InChI=1S/C9H14N4/c1-6(2)12-9(10)8-4-5-11-7(3)13-8/h4-6H,1-3H3,(H2,10,12). The predicted molar refractivity (Wildman–Crippen MR) is 52.6 cm³/mol. The van der Waals surface area contributed by atoms with Crippen molar-refractivity contribution in [2.24, 2.45) is 10.7 Å². The number of nitrogens with zero attached hydrogens (tertiary/aromatic N) is 3. The van der Waals surface area contributed by atoms with Crippen LogP contribution in [-0.2, 0) is 0 Å². The van der Waals surface area contributed by atoms with E-state index < -0.39 is 0 Å². The van der Waals surface area contributed by atoms with Crippen LogP contribution in [0.15, 0.2) is 17.3 Å². The molecule has 13 heavy (non-hydrogen) atoms. The molecule has 2 N–H and O–H groups in total. The minimum Gasteiger partial charge on any atom is -0.382 e. The molecule has 0 atom stereocenters. The summed E-state index contributed by atoms with van der Waals surface area (Å²) in [5.74, 6) is 1.18. The second-order valence-corrected chi connectivity index (χ2v) is 3.10. The Morgan fingerprint density at radius 2 is 2.23 bits per heavy atom. The SMILES string of the molecule is Cc1nccc(C(N)=NC(C)C)n1. The van der Waals surface area contributed by atoms with Crippen LogP contribution in [-0.4, -0.2) is 21.8 Å². The van der Waals surface area contributed by atoms with Gasteiger partial charge in [0.25, 0.3) is 0 Å². The summed E-state index contributed by atoms with van der Waals surface area (Å²) in [6.45, 7) is 5.77. The first kappa shape index (κ1) is 9.64. The molecule has 1 rings (SSSR count). The van der Waals surface area contributed by atoms with Gasteiger partial charge in [-0.05, 0) is 26.8 Å². The van der Waals surface area contributed by atoms with Gasteiger partial charge in [0.1, 0.15) is 17.4 Å². The Labute approximate surface area is 77.9 Å². The van der Waals surface area contributed by atoms with Crippen LogP contribution in [0.1, 0.15) is 25.4 Å². The molecule has 4 heteroatoms. The smallest absolute Gasteiger partial charge is 0.145 e. The molecule has 0 unspecified atom stereocenters. The average Bonchev–Trinajstić information content (AvgIpc) is 2.03. The molecular weight excluding hydrogens is 164 g/mol. The molecule has 0 fully saturated rings. The maximum atomic E-state index is 5.72. The van der Waals surface area contributed by atoms with Crippen molar-refractivity contribution in [3.05, 3.63) is 23.8 Å². The van der Waals surface area contributed by atoms with Crippen LogP contribution in [0.5, 0.6) is 0 Å². The van der Waals surface area contributed by atoms with Gasteiger partial charge in [0.15, 0.2) is 0 Å². The predicted octanol–water partition coefficient (Wildman–Crippen LogP) is 0.899. The van der Waals surface area contributed by atoms with Crippen LogP contribution in [0, 0.1) is 6.92 Å². The van der Waals surface area contributed by atoms with Crippen molar-refractivity contribution in [2.75, 3.05) is 0 Å². The van der Waals surface area contributed by atoms with E-state index in [1.807, 2.05) is 20.8 Å². The Morgan fingerprint density at radius 1 is 1.54 bits per heavy atom. The van der Waals surface area contributed by atoms with Crippen molar-refractivity contribution in [1.29, 1.82) is 0 Å². The van der Waals surface area contributed by atoms with E-state index in [-0.39, 0.29) is 6.04 Å². The van der Waals surface area contributed by atoms with Crippen molar-refractivity contribution in [1.82, 2.24) is 9.97 Å². The Morgan fingerprint density at radius 3 is 2.77 bits per heavy atom. The Bertz CT molecular complexity index is 317. The van der Waals surface area contributed by atoms with E-state index in [4.69, 9.17) is 5.73 Å². The van der Waals surface area contributed by atoms with E-state index >= 15 is 0 Å². The van der Waals surface area contributed by atoms with Gasteiger partial charge < -0.3 is 5.73 Å². The van der Waals surface area contributed by atoms with Gasteiger partial charge >= 0.3 is 0 Å². The van der Waals surface area contributed by atoms with Crippen LogP contribution in [0.4, 0.5) is 0 Å². The lowest BCUT2D eigenvalue weighted by atomic mass is 10.3.